The van der Waals surface area contributed by atoms with Crippen LogP contribution in [0.15, 0.2) is 24.3 Å². The van der Waals surface area contributed by atoms with Crippen molar-refractivity contribution in [3.05, 3.63) is 35.4 Å². The van der Waals surface area contributed by atoms with E-state index in [4.69, 9.17) is 4.74 Å². The second-order valence-electron chi connectivity index (χ2n) is 10.3. The Morgan fingerprint density at radius 1 is 1.11 bits per heavy atom. The lowest BCUT2D eigenvalue weighted by molar-refractivity contribution is -0.140. The fourth-order valence-electron chi connectivity index (χ4n) is 5.77. The number of likely N-dealkylation sites (N-methyl/N-ethyl adjacent to an activating group) is 1. The lowest BCUT2D eigenvalue weighted by atomic mass is 9.91. The Balaban J connectivity index is 1.17. The van der Waals surface area contributed by atoms with E-state index in [0.29, 0.717) is 63.8 Å². The number of likely N-dealkylation sites (tertiary alicyclic amines) is 2. The minimum Gasteiger partial charge on any atom is -0.366 e. The molecule has 11 heteroatoms. The zero-order valence-corrected chi connectivity index (χ0v) is 20.2. The van der Waals surface area contributed by atoms with Gasteiger partial charge in [0.25, 0.3) is 0 Å². The number of carbonyl (C=O) groups is 3. The fraction of sp³-hybridized carbons (Fsp3) is 0.640. The number of alkyl halides is 3. The molecule has 196 valence electrons. The smallest absolute Gasteiger partial charge is 0.366 e. The number of hydrogen-bond donors (Lipinski definition) is 1. The van der Waals surface area contributed by atoms with E-state index < -0.39 is 17.2 Å². The van der Waals surface area contributed by atoms with Gasteiger partial charge in [-0.3, -0.25) is 9.59 Å². The van der Waals surface area contributed by atoms with E-state index in [1.54, 1.807) is 27.8 Å². The lowest BCUT2D eigenvalue weighted by Crippen LogP contribution is -2.62. The molecule has 8 nitrogen and oxygen atoms in total. The number of piperidine rings is 2. The van der Waals surface area contributed by atoms with Crippen LogP contribution in [0.1, 0.15) is 43.2 Å². The third-order valence-corrected chi connectivity index (χ3v) is 8.10. The molecule has 1 aliphatic carbocycles. The summed E-state index contributed by atoms with van der Waals surface area (Å²) in [5, 5.41) is 2.90. The predicted molar refractivity (Wildman–Crippen MR) is 123 cm³/mol. The molecule has 3 saturated heterocycles. The van der Waals surface area contributed by atoms with Gasteiger partial charge in [0, 0.05) is 39.3 Å². The van der Waals surface area contributed by atoms with Crippen molar-refractivity contribution in [2.45, 2.75) is 61.9 Å². The van der Waals surface area contributed by atoms with E-state index in [-0.39, 0.29) is 42.6 Å². The highest BCUT2D eigenvalue weighted by Gasteiger charge is 2.54. The van der Waals surface area contributed by atoms with Crippen LogP contribution in [-0.2, 0) is 25.9 Å². The Morgan fingerprint density at radius 2 is 1.81 bits per heavy atom. The monoisotopic (exact) mass is 508 g/mol. The highest BCUT2D eigenvalue weighted by molar-refractivity contribution is 5.91. The molecule has 0 radical (unpaired) electrons. The number of morpholine rings is 1. The molecular formula is C25H31F3N4O4. The van der Waals surface area contributed by atoms with Crippen molar-refractivity contribution >= 4 is 17.8 Å². The summed E-state index contributed by atoms with van der Waals surface area (Å²) in [6.07, 6.45) is -1.58. The van der Waals surface area contributed by atoms with Gasteiger partial charge in [0.15, 0.2) is 0 Å². The third kappa shape index (κ3) is 4.65. The number of nitrogens with one attached hydrogen (secondary N) is 1. The number of rotatable bonds is 3. The Kier molecular flexibility index (Phi) is 6.38. The Hall–Kier alpha value is -2.82. The molecule has 4 aliphatic rings. The van der Waals surface area contributed by atoms with Crippen LogP contribution in [-0.4, -0.2) is 90.6 Å². The fourth-order valence-corrected chi connectivity index (χ4v) is 5.77. The number of nitrogens with zero attached hydrogens (tertiary/aromatic N) is 3. The quantitative estimate of drug-likeness (QED) is 0.680. The van der Waals surface area contributed by atoms with Gasteiger partial charge in [0.2, 0.25) is 11.8 Å². The second-order valence-corrected chi connectivity index (χ2v) is 10.3. The van der Waals surface area contributed by atoms with Crippen LogP contribution in [0.25, 0.3) is 0 Å². The summed E-state index contributed by atoms with van der Waals surface area (Å²) in [4.78, 5) is 43.4. The lowest BCUT2D eigenvalue weighted by Gasteiger charge is -2.44. The Morgan fingerprint density at radius 3 is 2.47 bits per heavy atom. The average molecular weight is 509 g/mol. The number of halogens is 3. The summed E-state index contributed by atoms with van der Waals surface area (Å²) in [7, 11) is 1.72. The summed E-state index contributed by atoms with van der Waals surface area (Å²) in [5.41, 5.74) is -1.21. The van der Waals surface area contributed by atoms with E-state index in [9.17, 15) is 27.6 Å². The van der Waals surface area contributed by atoms with E-state index >= 15 is 0 Å². The summed E-state index contributed by atoms with van der Waals surface area (Å²) >= 11 is 0. The first kappa shape index (κ1) is 24.9. The molecule has 1 aromatic rings. The summed E-state index contributed by atoms with van der Waals surface area (Å²) in [5.74, 6) is -0.320. The maximum Gasteiger partial charge on any atom is 0.416 e. The molecule has 4 amide bonds. The van der Waals surface area contributed by atoms with Gasteiger partial charge in [-0.1, -0.05) is 18.2 Å². The van der Waals surface area contributed by atoms with E-state index in [1.807, 2.05) is 0 Å². The molecule has 3 aliphatic heterocycles. The number of amides is 4. The molecule has 0 unspecified atom stereocenters. The summed E-state index contributed by atoms with van der Waals surface area (Å²) in [6.45, 7) is 2.01. The second kappa shape index (κ2) is 9.24. The van der Waals surface area contributed by atoms with Gasteiger partial charge >= 0.3 is 12.2 Å². The molecule has 5 rings (SSSR count). The van der Waals surface area contributed by atoms with Gasteiger partial charge in [-0.05, 0) is 43.7 Å². The molecule has 1 N–H and O–H groups in total. The van der Waals surface area contributed by atoms with Gasteiger partial charge < -0.3 is 24.8 Å². The van der Waals surface area contributed by atoms with Crippen LogP contribution >= 0.6 is 0 Å². The zero-order chi connectivity index (χ0) is 25.7. The van der Waals surface area contributed by atoms with Crippen molar-refractivity contribution in [2.75, 3.05) is 39.8 Å². The van der Waals surface area contributed by atoms with Gasteiger partial charge in [0.05, 0.1) is 23.1 Å². The van der Waals surface area contributed by atoms with Crippen LogP contribution in [0, 0.1) is 0 Å². The molecular weight excluding hydrogens is 477 g/mol. The molecule has 0 spiro atoms. The van der Waals surface area contributed by atoms with Gasteiger partial charge in [-0.15, -0.1) is 0 Å². The van der Waals surface area contributed by atoms with Crippen molar-refractivity contribution in [3.8, 4) is 0 Å². The molecule has 4 fully saturated rings. The van der Waals surface area contributed by atoms with Crippen LogP contribution < -0.4 is 5.32 Å². The molecule has 0 aromatic heterocycles. The van der Waals surface area contributed by atoms with Crippen LogP contribution in [0.3, 0.4) is 0 Å². The van der Waals surface area contributed by atoms with Gasteiger partial charge in [-0.2, -0.15) is 13.2 Å². The topological polar surface area (TPSA) is 82.2 Å². The SMILES string of the molecule is CN(C(=O)C1(c2cccc(C(F)(F)F)c2)CC1)C1CCN(C(=O)N2CC[C@@H]3OCC(=O)N[C@@H]3C2)CC1. The minimum absolute atomic E-state index is 0.0594. The maximum absolute atomic E-state index is 13.4. The molecule has 2 atom stereocenters. The van der Waals surface area contributed by atoms with Crippen LogP contribution in [0.5, 0.6) is 0 Å². The van der Waals surface area contributed by atoms with Crippen molar-refractivity contribution in [1.82, 2.24) is 20.0 Å². The maximum atomic E-state index is 13.4. The predicted octanol–water partition coefficient (Wildman–Crippen LogP) is 2.37. The number of hydrogen-bond acceptors (Lipinski definition) is 4. The van der Waals surface area contributed by atoms with Gasteiger partial charge in [-0.25, -0.2) is 4.79 Å². The molecule has 3 heterocycles. The summed E-state index contributed by atoms with van der Waals surface area (Å²) in [6, 6.07) is 4.74. The number of fused-ring (bicyclic) bond motifs is 1. The first-order valence-corrected chi connectivity index (χ1v) is 12.5. The number of ether oxygens (including phenoxy) is 1. The van der Waals surface area contributed by atoms with Crippen molar-refractivity contribution in [2.24, 2.45) is 0 Å². The van der Waals surface area contributed by atoms with E-state index in [1.165, 1.54) is 6.07 Å². The molecule has 36 heavy (non-hydrogen) atoms. The third-order valence-electron chi connectivity index (χ3n) is 8.10. The standard InChI is InChI=1S/C25H31F3N4O4/c1-30(22(34)24(8-9-24)16-3-2-4-17(13-16)25(26,27)28)18-5-10-31(11-6-18)23(35)32-12-7-20-19(14-32)29-21(33)15-36-20/h2-4,13,18-20H,5-12,14-15H2,1H3,(H,29,33)/t19-,20+/m1/s1. The molecule has 1 aromatic carbocycles. The van der Waals surface area contributed by atoms with Crippen molar-refractivity contribution in [3.63, 3.8) is 0 Å². The van der Waals surface area contributed by atoms with Crippen molar-refractivity contribution < 1.29 is 32.3 Å². The van der Waals surface area contributed by atoms with Crippen LogP contribution in [0.4, 0.5) is 18.0 Å². The van der Waals surface area contributed by atoms with Gasteiger partial charge in [0.1, 0.15) is 6.61 Å². The molecule has 0 bridgehead atoms. The Bertz CT molecular complexity index is 1040. The zero-order valence-electron chi connectivity index (χ0n) is 20.2. The van der Waals surface area contributed by atoms with Crippen molar-refractivity contribution in [1.29, 1.82) is 0 Å². The van der Waals surface area contributed by atoms with E-state index in [0.717, 1.165) is 12.1 Å². The average Bonchev–Trinajstić information content (AvgIpc) is 3.69. The van der Waals surface area contributed by atoms with Crippen LogP contribution in [0.2, 0.25) is 0 Å². The largest absolute Gasteiger partial charge is 0.416 e. The minimum atomic E-state index is -4.45. The Labute approximate surface area is 207 Å². The number of carbonyl (C=O) groups excluding carboxylic acids is 3. The molecule has 1 saturated carbocycles. The summed E-state index contributed by atoms with van der Waals surface area (Å²) < 4.78 is 45.2. The number of urea groups is 1. The first-order chi connectivity index (χ1) is 17.1. The highest BCUT2D eigenvalue weighted by Crippen LogP contribution is 2.50. The van der Waals surface area contributed by atoms with E-state index in [2.05, 4.69) is 5.32 Å². The normalized spacial score (nSPS) is 26.2. The highest BCUT2D eigenvalue weighted by atomic mass is 19.4. The number of benzene rings is 1. The first-order valence-electron chi connectivity index (χ1n) is 12.5.